The number of carbonyl (C=O) groups is 1. The van der Waals surface area contributed by atoms with Gasteiger partial charge in [0.25, 0.3) is 0 Å². The van der Waals surface area contributed by atoms with E-state index in [0.717, 1.165) is 6.29 Å². The molecule has 1 aromatic rings. The predicted octanol–water partition coefficient (Wildman–Crippen LogP) is 3.30. The van der Waals surface area contributed by atoms with Crippen LogP contribution in [0.3, 0.4) is 0 Å². The van der Waals surface area contributed by atoms with Crippen molar-refractivity contribution in [2.75, 3.05) is 0 Å². The third kappa shape index (κ3) is 2.89. The molecular weight excluding hydrogens is 223 g/mol. The van der Waals surface area contributed by atoms with Crippen LogP contribution in [0.25, 0.3) is 0 Å². The van der Waals surface area contributed by atoms with Gasteiger partial charge in [-0.2, -0.15) is 0 Å². The van der Waals surface area contributed by atoms with Crippen LogP contribution in [0.15, 0.2) is 18.2 Å². The van der Waals surface area contributed by atoms with Crippen molar-refractivity contribution >= 4 is 29.5 Å². The lowest BCUT2D eigenvalue weighted by Gasteiger charge is -2.10. The van der Waals surface area contributed by atoms with Crippen molar-refractivity contribution in [2.45, 2.75) is 18.2 Å². The van der Waals surface area contributed by atoms with Crippen LogP contribution in [0.2, 0.25) is 5.02 Å². The van der Waals surface area contributed by atoms with Gasteiger partial charge in [0.1, 0.15) is 12.0 Å². The molecule has 0 amide bonds. The first kappa shape index (κ1) is 11.3. The number of benzene rings is 1. The number of rotatable bonds is 4. The largest absolute Gasteiger partial charge is 0.508 e. The topological polar surface area (TPSA) is 37.3 Å². The average Bonchev–Trinajstić information content (AvgIpc) is 2.18. The molecule has 1 atom stereocenters. The maximum Gasteiger partial charge on any atom is 0.120 e. The van der Waals surface area contributed by atoms with Gasteiger partial charge >= 0.3 is 0 Å². The van der Waals surface area contributed by atoms with Crippen molar-refractivity contribution in [1.29, 1.82) is 0 Å². The predicted molar refractivity (Wildman–Crippen MR) is 57.0 cm³/mol. The summed E-state index contributed by atoms with van der Waals surface area (Å²) in [5.41, 5.74) is 0.570. The second kappa shape index (κ2) is 5.23. The Morgan fingerprint density at radius 2 is 2.21 bits per heavy atom. The van der Waals surface area contributed by atoms with E-state index in [1.54, 1.807) is 12.1 Å². The second-order valence-electron chi connectivity index (χ2n) is 2.91. The van der Waals surface area contributed by atoms with Crippen LogP contribution in [-0.2, 0) is 4.79 Å². The lowest BCUT2D eigenvalue weighted by atomic mass is 10.1. The maximum atomic E-state index is 10.1. The molecule has 0 aliphatic rings. The van der Waals surface area contributed by atoms with Crippen molar-refractivity contribution in [3.63, 3.8) is 0 Å². The molecule has 2 nitrogen and oxygen atoms in total. The lowest BCUT2D eigenvalue weighted by Crippen LogP contribution is -1.92. The molecule has 0 saturated carbocycles. The van der Waals surface area contributed by atoms with Gasteiger partial charge in [-0.1, -0.05) is 11.6 Å². The Labute approximate surface area is 92.5 Å². The fourth-order valence-corrected chi connectivity index (χ4v) is 1.63. The molecule has 1 unspecified atom stereocenters. The molecule has 0 fully saturated rings. The van der Waals surface area contributed by atoms with Gasteiger partial charge in [0.2, 0.25) is 0 Å². The summed E-state index contributed by atoms with van der Waals surface area (Å²) in [7, 11) is 0. The van der Waals surface area contributed by atoms with Crippen LogP contribution in [-0.4, -0.2) is 11.4 Å². The third-order valence-corrected chi connectivity index (χ3v) is 2.55. The van der Waals surface area contributed by atoms with Gasteiger partial charge in [-0.05, 0) is 24.6 Å². The van der Waals surface area contributed by atoms with Gasteiger partial charge in [-0.15, -0.1) is 11.6 Å². The van der Waals surface area contributed by atoms with Crippen LogP contribution in [0.1, 0.15) is 23.8 Å². The highest BCUT2D eigenvalue weighted by molar-refractivity contribution is 6.30. The summed E-state index contributed by atoms with van der Waals surface area (Å²) in [6.45, 7) is 0. The second-order valence-corrected chi connectivity index (χ2v) is 3.88. The molecule has 0 radical (unpaired) electrons. The Morgan fingerprint density at radius 3 is 2.86 bits per heavy atom. The summed E-state index contributed by atoms with van der Waals surface area (Å²) < 4.78 is 0. The van der Waals surface area contributed by atoms with E-state index in [4.69, 9.17) is 23.2 Å². The zero-order valence-corrected chi connectivity index (χ0v) is 8.92. The summed E-state index contributed by atoms with van der Waals surface area (Å²) >= 11 is 11.7. The van der Waals surface area contributed by atoms with Crippen LogP contribution in [0.4, 0.5) is 0 Å². The number of phenolic OH excluding ortho intramolecular Hbond substituents is 1. The van der Waals surface area contributed by atoms with Crippen LogP contribution >= 0.6 is 23.2 Å². The number of phenols is 1. The third-order valence-electron chi connectivity index (χ3n) is 1.87. The number of hydrogen-bond donors (Lipinski definition) is 1. The Hall–Kier alpha value is -0.730. The SMILES string of the molecule is O=CCCC(Cl)c1cc(Cl)ccc1O. The zero-order valence-electron chi connectivity index (χ0n) is 7.41. The molecule has 0 heterocycles. The molecule has 0 aliphatic heterocycles. The van der Waals surface area contributed by atoms with Crippen LogP contribution in [0.5, 0.6) is 5.75 Å². The molecule has 0 spiro atoms. The molecule has 0 saturated heterocycles. The summed E-state index contributed by atoms with van der Waals surface area (Å²) in [4.78, 5) is 10.1. The molecule has 1 aromatic carbocycles. The molecule has 1 N–H and O–H groups in total. The number of alkyl halides is 1. The van der Waals surface area contributed by atoms with Crippen molar-refractivity contribution in [1.82, 2.24) is 0 Å². The number of aromatic hydroxyl groups is 1. The van der Waals surface area contributed by atoms with Gasteiger partial charge in [0.05, 0.1) is 5.38 Å². The normalized spacial score (nSPS) is 12.4. The molecule has 76 valence electrons. The number of halogens is 2. The smallest absolute Gasteiger partial charge is 0.120 e. The van der Waals surface area contributed by atoms with Gasteiger partial charge < -0.3 is 9.90 Å². The summed E-state index contributed by atoms with van der Waals surface area (Å²) in [5, 5.41) is 9.62. The van der Waals surface area contributed by atoms with Crippen molar-refractivity contribution in [3.8, 4) is 5.75 Å². The fourth-order valence-electron chi connectivity index (χ4n) is 1.15. The Kier molecular flexibility index (Phi) is 4.23. The van der Waals surface area contributed by atoms with Crippen molar-refractivity contribution < 1.29 is 9.90 Å². The first-order valence-corrected chi connectivity index (χ1v) is 5.02. The Morgan fingerprint density at radius 1 is 1.50 bits per heavy atom. The van der Waals surface area contributed by atoms with Crippen molar-refractivity contribution in [3.05, 3.63) is 28.8 Å². The molecule has 14 heavy (non-hydrogen) atoms. The quantitative estimate of drug-likeness (QED) is 0.639. The molecule has 4 heteroatoms. The van der Waals surface area contributed by atoms with E-state index in [9.17, 15) is 9.90 Å². The molecular formula is C10H10Cl2O2. The van der Waals surface area contributed by atoms with Gasteiger partial charge in [0, 0.05) is 17.0 Å². The first-order valence-electron chi connectivity index (χ1n) is 4.21. The standard InChI is InChI=1S/C10H10Cl2O2/c11-7-3-4-10(14)8(6-7)9(12)2-1-5-13/h3-6,9,14H,1-2H2. The Balaban J connectivity index is 2.82. The molecule has 0 bridgehead atoms. The average molecular weight is 233 g/mol. The lowest BCUT2D eigenvalue weighted by molar-refractivity contribution is -0.107. The monoisotopic (exact) mass is 232 g/mol. The maximum absolute atomic E-state index is 10.1. The molecule has 0 aliphatic carbocycles. The minimum Gasteiger partial charge on any atom is -0.508 e. The van der Waals surface area contributed by atoms with E-state index in [2.05, 4.69) is 0 Å². The number of carbonyl (C=O) groups excluding carboxylic acids is 1. The van der Waals surface area contributed by atoms with E-state index >= 15 is 0 Å². The van der Waals surface area contributed by atoms with Crippen LogP contribution in [0, 0.1) is 0 Å². The van der Waals surface area contributed by atoms with Crippen LogP contribution < -0.4 is 0 Å². The highest BCUT2D eigenvalue weighted by atomic mass is 35.5. The molecule has 1 rings (SSSR count). The fraction of sp³-hybridized carbons (Fsp3) is 0.300. The first-order chi connectivity index (χ1) is 6.65. The van der Waals surface area contributed by atoms with E-state index in [1.807, 2.05) is 0 Å². The van der Waals surface area contributed by atoms with E-state index in [0.29, 0.717) is 23.4 Å². The van der Waals surface area contributed by atoms with E-state index in [-0.39, 0.29) is 11.1 Å². The van der Waals surface area contributed by atoms with Crippen molar-refractivity contribution in [2.24, 2.45) is 0 Å². The summed E-state index contributed by atoms with van der Waals surface area (Å²) in [5.74, 6) is 0.111. The zero-order chi connectivity index (χ0) is 10.6. The molecule has 0 aromatic heterocycles. The number of aldehydes is 1. The Bertz CT molecular complexity index is 326. The van der Waals surface area contributed by atoms with Gasteiger partial charge in [-0.25, -0.2) is 0 Å². The van der Waals surface area contributed by atoms with E-state index in [1.165, 1.54) is 6.07 Å². The minimum atomic E-state index is -0.376. The van der Waals surface area contributed by atoms with Gasteiger partial charge in [0.15, 0.2) is 0 Å². The summed E-state index contributed by atoms with van der Waals surface area (Å²) in [6.07, 6.45) is 1.68. The van der Waals surface area contributed by atoms with Gasteiger partial charge in [-0.3, -0.25) is 0 Å². The highest BCUT2D eigenvalue weighted by Gasteiger charge is 2.12. The van der Waals surface area contributed by atoms with E-state index < -0.39 is 0 Å². The summed E-state index contributed by atoms with van der Waals surface area (Å²) in [6, 6.07) is 4.69. The minimum absolute atomic E-state index is 0.111. The highest BCUT2D eigenvalue weighted by Crippen LogP contribution is 2.33. The number of hydrogen-bond acceptors (Lipinski definition) is 2.